The summed E-state index contributed by atoms with van der Waals surface area (Å²) in [5, 5.41) is 2.80. The predicted molar refractivity (Wildman–Crippen MR) is 111 cm³/mol. The molecule has 1 fully saturated rings. The van der Waals surface area contributed by atoms with Crippen molar-refractivity contribution < 1.29 is 19.1 Å². The number of carbonyl (C=O) groups excluding carboxylic acids is 2. The Hall–Kier alpha value is -2.38. The summed E-state index contributed by atoms with van der Waals surface area (Å²) < 4.78 is 10.7. The van der Waals surface area contributed by atoms with E-state index >= 15 is 0 Å². The number of morpholine rings is 1. The number of hydrogen-bond acceptors (Lipinski definition) is 6. The van der Waals surface area contributed by atoms with Crippen LogP contribution >= 0.6 is 11.3 Å². The zero-order valence-electron chi connectivity index (χ0n) is 16.5. The zero-order chi connectivity index (χ0) is 20.1. The number of aryl methyl sites for hydroxylation is 2. The van der Waals surface area contributed by atoms with Gasteiger partial charge in [0.05, 0.1) is 13.2 Å². The van der Waals surface area contributed by atoms with Crippen molar-refractivity contribution in [2.45, 2.75) is 33.3 Å². The summed E-state index contributed by atoms with van der Waals surface area (Å²) in [7, 11) is 0. The number of anilines is 2. The van der Waals surface area contributed by atoms with Crippen LogP contribution in [0.5, 0.6) is 0 Å². The average Bonchev–Trinajstić information content (AvgIpc) is 3.10. The maximum atomic E-state index is 12.4. The van der Waals surface area contributed by atoms with Crippen LogP contribution in [0.4, 0.5) is 11.4 Å². The highest BCUT2D eigenvalue weighted by Crippen LogP contribution is 2.23. The number of ether oxygens (including phenoxy) is 2. The number of hydrogen-bond donors (Lipinski definition) is 1. The van der Waals surface area contributed by atoms with Crippen molar-refractivity contribution in [2.24, 2.45) is 0 Å². The number of amides is 1. The number of rotatable bonds is 6. The Bertz CT molecular complexity index is 825. The van der Waals surface area contributed by atoms with Crippen LogP contribution in [0.2, 0.25) is 0 Å². The fraction of sp³-hybridized carbons (Fsp3) is 0.429. The van der Waals surface area contributed by atoms with Gasteiger partial charge in [0.1, 0.15) is 4.88 Å². The lowest BCUT2D eigenvalue weighted by Crippen LogP contribution is -2.36. The third kappa shape index (κ3) is 4.91. The van der Waals surface area contributed by atoms with Crippen LogP contribution in [0.25, 0.3) is 0 Å². The second kappa shape index (κ2) is 9.21. The Labute approximate surface area is 169 Å². The molecule has 2 heterocycles. The van der Waals surface area contributed by atoms with Crippen molar-refractivity contribution in [3.8, 4) is 0 Å². The molecule has 0 unspecified atom stereocenters. The molecule has 0 aliphatic carbocycles. The summed E-state index contributed by atoms with van der Waals surface area (Å²) in [5.41, 5.74) is 2.90. The van der Waals surface area contributed by atoms with Crippen molar-refractivity contribution in [3.05, 3.63) is 45.6 Å². The molecule has 1 saturated heterocycles. The summed E-state index contributed by atoms with van der Waals surface area (Å²) in [5.74, 6) is -0.811. The van der Waals surface area contributed by atoms with E-state index in [-0.39, 0.29) is 5.91 Å². The molecule has 1 aliphatic heterocycles. The SMILES string of the molecule is CCc1cc(C(=O)O[C@@H](C)C(=O)Nc2ccc(N3CCOCC3)cc2)sc1C. The smallest absolute Gasteiger partial charge is 0.349 e. The van der Waals surface area contributed by atoms with Crippen molar-refractivity contribution in [1.29, 1.82) is 0 Å². The number of thiophene rings is 1. The number of benzene rings is 1. The van der Waals surface area contributed by atoms with Gasteiger partial charge in [-0.25, -0.2) is 4.79 Å². The molecule has 1 amide bonds. The number of nitrogens with one attached hydrogen (secondary N) is 1. The molecule has 1 aromatic carbocycles. The van der Waals surface area contributed by atoms with Gasteiger partial charge in [-0.1, -0.05) is 6.92 Å². The predicted octanol–water partition coefficient (Wildman–Crippen LogP) is 3.64. The maximum absolute atomic E-state index is 12.4. The summed E-state index contributed by atoms with van der Waals surface area (Å²) >= 11 is 1.40. The molecule has 1 aromatic heterocycles. The first-order chi connectivity index (χ1) is 13.5. The van der Waals surface area contributed by atoms with Crippen LogP contribution in [0.3, 0.4) is 0 Å². The molecule has 0 spiro atoms. The van der Waals surface area contributed by atoms with Crippen LogP contribution in [0.1, 0.15) is 34.0 Å². The first-order valence-corrected chi connectivity index (χ1v) is 10.3. The quantitative estimate of drug-likeness (QED) is 0.747. The normalized spacial score (nSPS) is 15.2. The first-order valence-electron chi connectivity index (χ1n) is 9.52. The van der Waals surface area contributed by atoms with Crippen LogP contribution in [0, 0.1) is 6.92 Å². The van der Waals surface area contributed by atoms with Gasteiger partial charge in [-0.05, 0) is 56.2 Å². The van der Waals surface area contributed by atoms with Crippen LogP contribution < -0.4 is 10.2 Å². The van der Waals surface area contributed by atoms with E-state index in [4.69, 9.17) is 9.47 Å². The lowest BCUT2D eigenvalue weighted by Gasteiger charge is -2.28. The van der Waals surface area contributed by atoms with Gasteiger partial charge >= 0.3 is 5.97 Å². The highest BCUT2D eigenvalue weighted by atomic mass is 32.1. The van der Waals surface area contributed by atoms with Crippen molar-refractivity contribution in [2.75, 3.05) is 36.5 Å². The van der Waals surface area contributed by atoms with E-state index in [2.05, 4.69) is 10.2 Å². The number of esters is 1. The van der Waals surface area contributed by atoms with Gasteiger partial charge in [0, 0.05) is 29.3 Å². The van der Waals surface area contributed by atoms with Crippen molar-refractivity contribution >= 4 is 34.6 Å². The second-order valence-corrected chi connectivity index (χ2v) is 7.99. The molecule has 2 aromatic rings. The van der Waals surface area contributed by atoms with E-state index in [1.165, 1.54) is 11.3 Å². The summed E-state index contributed by atoms with van der Waals surface area (Å²) in [6, 6.07) is 9.49. The van der Waals surface area contributed by atoms with Gasteiger partial charge in [0.2, 0.25) is 0 Å². The molecule has 6 nitrogen and oxygen atoms in total. The molecule has 7 heteroatoms. The number of nitrogens with zero attached hydrogens (tertiary/aromatic N) is 1. The Morgan fingerprint density at radius 3 is 2.54 bits per heavy atom. The Balaban J connectivity index is 1.55. The van der Waals surface area contributed by atoms with E-state index in [0.29, 0.717) is 10.6 Å². The van der Waals surface area contributed by atoms with Gasteiger partial charge in [0.15, 0.2) is 6.10 Å². The van der Waals surface area contributed by atoms with Gasteiger partial charge in [-0.3, -0.25) is 4.79 Å². The highest BCUT2D eigenvalue weighted by molar-refractivity contribution is 7.14. The van der Waals surface area contributed by atoms with Crippen LogP contribution in [0.15, 0.2) is 30.3 Å². The monoisotopic (exact) mass is 402 g/mol. The number of carbonyl (C=O) groups is 2. The molecular weight excluding hydrogens is 376 g/mol. The fourth-order valence-corrected chi connectivity index (χ4v) is 4.06. The Morgan fingerprint density at radius 2 is 1.93 bits per heavy atom. The van der Waals surface area contributed by atoms with Crippen molar-refractivity contribution in [1.82, 2.24) is 0 Å². The van der Waals surface area contributed by atoms with Gasteiger partial charge in [-0.15, -0.1) is 11.3 Å². The Morgan fingerprint density at radius 1 is 1.25 bits per heavy atom. The van der Waals surface area contributed by atoms with Crippen LogP contribution in [-0.4, -0.2) is 44.3 Å². The lowest BCUT2D eigenvalue weighted by molar-refractivity contribution is -0.123. The standard InChI is InChI=1S/C21H26N2O4S/c1-4-16-13-19(28-15(16)3)21(25)27-14(2)20(24)22-17-5-7-18(8-6-17)23-9-11-26-12-10-23/h5-8,13-14H,4,9-12H2,1-3H3,(H,22,24)/t14-/m0/s1. The summed E-state index contributed by atoms with van der Waals surface area (Å²) in [6.07, 6.45) is -0.00885. The van der Waals surface area contributed by atoms with E-state index in [1.54, 1.807) is 6.92 Å². The third-order valence-electron chi connectivity index (χ3n) is 4.77. The molecule has 0 bridgehead atoms. The molecule has 1 N–H and O–H groups in total. The summed E-state index contributed by atoms with van der Waals surface area (Å²) in [4.78, 5) is 28.6. The molecule has 3 rings (SSSR count). The van der Waals surface area contributed by atoms with Crippen molar-refractivity contribution in [3.63, 3.8) is 0 Å². The summed E-state index contributed by atoms with van der Waals surface area (Å²) in [6.45, 7) is 8.79. The maximum Gasteiger partial charge on any atom is 0.349 e. The largest absolute Gasteiger partial charge is 0.448 e. The molecular formula is C21H26N2O4S. The van der Waals surface area contributed by atoms with E-state index in [9.17, 15) is 9.59 Å². The molecule has 0 radical (unpaired) electrons. The topological polar surface area (TPSA) is 67.9 Å². The van der Waals surface area contributed by atoms with Gasteiger partial charge in [0.25, 0.3) is 5.91 Å². The highest BCUT2D eigenvalue weighted by Gasteiger charge is 2.21. The zero-order valence-corrected chi connectivity index (χ0v) is 17.3. The van der Waals surface area contributed by atoms with Crippen LogP contribution in [-0.2, 0) is 20.7 Å². The minimum absolute atomic E-state index is 0.350. The van der Waals surface area contributed by atoms with E-state index in [0.717, 1.165) is 48.9 Å². The molecule has 28 heavy (non-hydrogen) atoms. The van der Waals surface area contributed by atoms with Gasteiger partial charge < -0.3 is 19.7 Å². The first kappa shape index (κ1) is 20.4. The molecule has 0 saturated carbocycles. The fourth-order valence-electron chi connectivity index (χ4n) is 3.06. The van der Waals surface area contributed by atoms with E-state index in [1.807, 2.05) is 44.2 Å². The van der Waals surface area contributed by atoms with Gasteiger partial charge in [-0.2, -0.15) is 0 Å². The minimum Gasteiger partial charge on any atom is -0.448 e. The second-order valence-electron chi connectivity index (χ2n) is 6.73. The Kier molecular flexibility index (Phi) is 6.70. The average molecular weight is 403 g/mol. The third-order valence-corrected chi connectivity index (χ3v) is 5.84. The molecule has 1 atom stereocenters. The lowest BCUT2D eigenvalue weighted by atomic mass is 10.2. The minimum atomic E-state index is -0.876. The molecule has 1 aliphatic rings. The van der Waals surface area contributed by atoms with E-state index < -0.39 is 12.1 Å². The molecule has 150 valence electrons.